The van der Waals surface area contributed by atoms with Gasteiger partial charge in [0.25, 0.3) is 5.91 Å². The number of likely N-dealkylation sites (tertiary alicyclic amines) is 1. The molecule has 30 heavy (non-hydrogen) atoms. The minimum Gasteiger partial charge on any atom is -0.439 e. The Morgan fingerprint density at radius 3 is 2.70 bits per heavy atom. The number of hydrogen-bond donors (Lipinski definition) is 2. The van der Waals surface area contributed by atoms with E-state index >= 15 is 0 Å². The predicted octanol–water partition coefficient (Wildman–Crippen LogP) is 2.72. The van der Waals surface area contributed by atoms with E-state index in [0.717, 1.165) is 55.9 Å². The van der Waals surface area contributed by atoms with E-state index in [4.69, 9.17) is 20.9 Å². The Bertz CT molecular complexity index is 832. The summed E-state index contributed by atoms with van der Waals surface area (Å²) in [6, 6.07) is 9.51. The van der Waals surface area contributed by atoms with Gasteiger partial charge in [-0.3, -0.25) is 4.79 Å². The van der Waals surface area contributed by atoms with Crippen LogP contribution in [0.15, 0.2) is 34.9 Å². The SMILES string of the molecule is CNC(=O)COC(=O)NCC1CCN(CCc2cc(-c3ccc(Cl)cc3)no2)CC1. The second-order valence-electron chi connectivity index (χ2n) is 7.35. The zero-order valence-electron chi connectivity index (χ0n) is 17.0. The van der Waals surface area contributed by atoms with Crippen molar-refractivity contribution in [2.45, 2.75) is 19.3 Å². The summed E-state index contributed by atoms with van der Waals surface area (Å²) >= 11 is 5.93. The number of amides is 2. The van der Waals surface area contributed by atoms with Crippen molar-refractivity contribution < 1.29 is 18.8 Å². The number of ether oxygens (including phenoxy) is 1. The highest BCUT2D eigenvalue weighted by molar-refractivity contribution is 6.30. The summed E-state index contributed by atoms with van der Waals surface area (Å²) in [4.78, 5) is 25.1. The molecule has 1 aromatic carbocycles. The third-order valence-corrected chi connectivity index (χ3v) is 5.48. The van der Waals surface area contributed by atoms with Gasteiger partial charge in [-0.15, -0.1) is 0 Å². The average Bonchev–Trinajstić information content (AvgIpc) is 3.24. The fraction of sp³-hybridized carbons (Fsp3) is 0.476. The van der Waals surface area contributed by atoms with Crippen molar-refractivity contribution >= 4 is 23.6 Å². The molecule has 1 saturated heterocycles. The van der Waals surface area contributed by atoms with E-state index in [1.165, 1.54) is 7.05 Å². The van der Waals surface area contributed by atoms with Crippen molar-refractivity contribution in [2.75, 3.05) is 39.8 Å². The standard InChI is InChI=1S/C21H27ClN4O4/c1-23-20(27)14-29-21(28)24-13-15-6-9-26(10-7-15)11-8-18-12-19(25-30-18)16-2-4-17(22)5-3-16/h2-5,12,15H,6-11,13-14H2,1H3,(H,23,27)(H,24,28). The summed E-state index contributed by atoms with van der Waals surface area (Å²) in [5, 5.41) is 9.98. The van der Waals surface area contributed by atoms with Crippen molar-refractivity contribution in [3.63, 3.8) is 0 Å². The summed E-state index contributed by atoms with van der Waals surface area (Å²) in [5.74, 6) is 0.948. The van der Waals surface area contributed by atoms with Crippen molar-refractivity contribution in [3.05, 3.63) is 41.1 Å². The Labute approximate surface area is 180 Å². The number of piperidine rings is 1. The van der Waals surface area contributed by atoms with E-state index in [0.29, 0.717) is 17.5 Å². The van der Waals surface area contributed by atoms with Crippen molar-refractivity contribution in [1.82, 2.24) is 20.7 Å². The number of hydrogen-bond acceptors (Lipinski definition) is 6. The van der Waals surface area contributed by atoms with Crippen LogP contribution in [-0.4, -0.2) is 61.9 Å². The highest BCUT2D eigenvalue weighted by Crippen LogP contribution is 2.22. The van der Waals surface area contributed by atoms with Gasteiger partial charge in [0.1, 0.15) is 11.5 Å². The molecule has 1 aromatic heterocycles. The van der Waals surface area contributed by atoms with Gasteiger partial charge >= 0.3 is 6.09 Å². The Kier molecular flexibility index (Phi) is 8.10. The van der Waals surface area contributed by atoms with E-state index in [1.807, 2.05) is 30.3 Å². The molecule has 3 rings (SSSR count). The topological polar surface area (TPSA) is 96.7 Å². The fourth-order valence-electron chi connectivity index (χ4n) is 3.35. The molecular formula is C21H27ClN4O4. The maximum absolute atomic E-state index is 11.6. The molecule has 0 spiro atoms. The van der Waals surface area contributed by atoms with Crippen LogP contribution in [0.4, 0.5) is 4.79 Å². The van der Waals surface area contributed by atoms with Gasteiger partial charge in [0.05, 0.1) is 0 Å². The molecule has 0 radical (unpaired) electrons. The molecule has 2 N–H and O–H groups in total. The van der Waals surface area contributed by atoms with E-state index in [9.17, 15) is 9.59 Å². The molecule has 0 atom stereocenters. The van der Waals surface area contributed by atoms with Crippen molar-refractivity contribution in [2.24, 2.45) is 5.92 Å². The maximum atomic E-state index is 11.6. The summed E-state index contributed by atoms with van der Waals surface area (Å²) in [5.41, 5.74) is 1.80. The molecule has 0 unspecified atom stereocenters. The lowest BCUT2D eigenvalue weighted by Gasteiger charge is -2.31. The Morgan fingerprint density at radius 1 is 1.27 bits per heavy atom. The number of nitrogens with one attached hydrogen (secondary N) is 2. The van der Waals surface area contributed by atoms with Gasteiger partial charge in [-0.2, -0.15) is 0 Å². The number of nitrogens with zero attached hydrogens (tertiary/aromatic N) is 2. The first-order valence-electron chi connectivity index (χ1n) is 10.1. The number of aromatic nitrogens is 1. The largest absolute Gasteiger partial charge is 0.439 e. The highest BCUT2D eigenvalue weighted by atomic mass is 35.5. The molecule has 1 aliphatic heterocycles. The van der Waals surface area contributed by atoms with Gasteiger partial charge < -0.3 is 24.8 Å². The quantitative estimate of drug-likeness (QED) is 0.663. The molecule has 0 bridgehead atoms. The molecule has 2 heterocycles. The number of likely N-dealkylation sites (N-methyl/N-ethyl adjacent to an activating group) is 1. The first-order valence-corrected chi connectivity index (χ1v) is 10.5. The normalized spacial score (nSPS) is 15.0. The van der Waals surface area contributed by atoms with Crippen LogP contribution in [0.3, 0.4) is 0 Å². The first-order chi connectivity index (χ1) is 14.5. The van der Waals surface area contributed by atoms with Gasteiger partial charge in [-0.25, -0.2) is 4.79 Å². The Balaban J connectivity index is 1.34. The van der Waals surface area contributed by atoms with Crippen LogP contribution in [0.1, 0.15) is 18.6 Å². The first kappa shape index (κ1) is 22.1. The van der Waals surface area contributed by atoms with Crippen LogP contribution >= 0.6 is 11.6 Å². The monoisotopic (exact) mass is 434 g/mol. The highest BCUT2D eigenvalue weighted by Gasteiger charge is 2.20. The van der Waals surface area contributed by atoms with E-state index < -0.39 is 6.09 Å². The number of rotatable bonds is 8. The lowest BCUT2D eigenvalue weighted by atomic mass is 9.96. The van der Waals surface area contributed by atoms with Gasteiger partial charge in [-0.05, 0) is 44.0 Å². The molecular weight excluding hydrogens is 408 g/mol. The average molecular weight is 435 g/mol. The second kappa shape index (κ2) is 11.0. The lowest BCUT2D eigenvalue weighted by Crippen LogP contribution is -2.40. The molecule has 8 nitrogen and oxygen atoms in total. The number of halogens is 1. The molecule has 0 saturated carbocycles. The molecule has 2 aromatic rings. The summed E-state index contributed by atoms with van der Waals surface area (Å²) in [6.07, 6.45) is 2.25. The van der Waals surface area contributed by atoms with E-state index in [2.05, 4.69) is 20.7 Å². The molecule has 162 valence electrons. The smallest absolute Gasteiger partial charge is 0.407 e. The van der Waals surface area contributed by atoms with Gasteiger partial charge in [0, 0.05) is 43.2 Å². The number of benzene rings is 1. The fourth-order valence-corrected chi connectivity index (χ4v) is 3.48. The summed E-state index contributed by atoms with van der Waals surface area (Å²) in [6.45, 7) is 3.15. The van der Waals surface area contributed by atoms with Crippen LogP contribution in [0.5, 0.6) is 0 Å². The van der Waals surface area contributed by atoms with Gasteiger partial charge in [0.15, 0.2) is 6.61 Å². The molecule has 1 fully saturated rings. The number of carbonyl (C=O) groups is 2. The predicted molar refractivity (Wildman–Crippen MR) is 113 cm³/mol. The lowest BCUT2D eigenvalue weighted by molar-refractivity contribution is -0.123. The Hall–Kier alpha value is -2.58. The van der Waals surface area contributed by atoms with Crippen LogP contribution in [0.2, 0.25) is 5.02 Å². The van der Waals surface area contributed by atoms with Crippen LogP contribution in [0.25, 0.3) is 11.3 Å². The van der Waals surface area contributed by atoms with Crippen LogP contribution in [-0.2, 0) is 16.0 Å². The van der Waals surface area contributed by atoms with Crippen LogP contribution in [0, 0.1) is 5.92 Å². The molecule has 0 aliphatic carbocycles. The second-order valence-corrected chi connectivity index (χ2v) is 7.79. The zero-order chi connectivity index (χ0) is 21.3. The number of carbonyl (C=O) groups excluding carboxylic acids is 2. The van der Waals surface area contributed by atoms with Crippen molar-refractivity contribution in [1.29, 1.82) is 0 Å². The van der Waals surface area contributed by atoms with Crippen molar-refractivity contribution in [3.8, 4) is 11.3 Å². The maximum Gasteiger partial charge on any atom is 0.407 e. The Morgan fingerprint density at radius 2 is 2.00 bits per heavy atom. The molecule has 9 heteroatoms. The molecule has 1 aliphatic rings. The number of alkyl carbamates (subject to hydrolysis) is 1. The third kappa shape index (κ3) is 6.74. The minimum atomic E-state index is -0.553. The molecule has 2 amide bonds. The summed E-state index contributed by atoms with van der Waals surface area (Å²) in [7, 11) is 1.50. The van der Waals surface area contributed by atoms with E-state index in [-0.39, 0.29) is 12.5 Å². The van der Waals surface area contributed by atoms with E-state index in [1.54, 1.807) is 0 Å². The van der Waals surface area contributed by atoms with Gasteiger partial charge in [0.2, 0.25) is 0 Å². The summed E-state index contributed by atoms with van der Waals surface area (Å²) < 4.78 is 10.3. The zero-order valence-corrected chi connectivity index (χ0v) is 17.8. The van der Waals surface area contributed by atoms with Crippen LogP contribution < -0.4 is 10.6 Å². The third-order valence-electron chi connectivity index (χ3n) is 5.23. The minimum absolute atomic E-state index is 0.262. The van der Waals surface area contributed by atoms with Gasteiger partial charge in [-0.1, -0.05) is 28.9 Å².